The molecule has 1 aromatic heterocycles. The molecular formula is C19H18FN3O2. The summed E-state index contributed by atoms with van der Waals surface area (Å²) in [4.78, 5) is 6.67. The van der Waals surface area contributed by atoms with E-state index in [1.807, 2.05) is 36.4 Å². The predicted octanol–water partition coefficient (Wildman–Crippen LogP) is 3.45. The third-order valence-electron chi connectivity index (χ3n) is 4.19. The van der Waals surface area contributed by atoms with Crippen LogP contribution in [0.5, 0.6) is 0 Å². The van der Waals surface area contributed by atoms with Crippen LogP contribution >= 0.6 is 0 Å². The molecule has 1 unspecified atom stereocenters. The molecule has 5 nitrogen and oxygen atoms in total. The van der Waals surface area contributed by atoms with Crippen molar-refractivity contribution >= 4 is 0 Å². The topological polar surface area (TPSA) is 51.4 Å². The van der Waals surface area contributed by atoms with Crippen LogP contribution in [0.1, 0.15) is 17.6 Å². The molecule has 0 aliphatic carbocycles. The molecule has 4 rings (SSSR count). The van der Waals surface area contributed by atoms with E-state index in [1.54, 1.807) is 12.1 Å². The molecule has 0 radical (unpaired) electrons. The molecule has 25 heavy (non-hydrogen) atoms. The summed E-state index contributed by atoms with van der Waals surface area (Å²) in [6.07, 6.45) is -0.271. The Hall–Kier alpha value is -2.57. The summed E-state index contributed by atoms with van der Waals surface area (Å²) in [6.45, 7) is 2.65. The summed E-state index contributed by atoms with van der Waals surface area (Å²) in [5, 5.41) is 4.05. The maximum absolute atomic E-state index is 13.4. The first kappa shape index (κ1) is 15.9. The Morgan fingerprint density at radius 2 is 2.00 bits per heavy atom. The van der Waals surface area contributed by atoms with Crippen LogP contribution in [0.15, 0.2) is 59.1 Å². The van der Waals surface area contributed by atoms with Gasteiger partial charge in [-0.3, -0.25) is 4.90 Å². The first-order valence-electron chi connectivity index (χ1n) is 8.25. The van der Waals surface area contributed by atoms with E-state index in [1.165, 1.54) is 6.07 Å². The van der Waals surface area contributed by atoms with E-state index in [-0.39, 0.29) is 11.9 Å². The van der Waals surface area contributed by atoms with E-state index in [4.69, 9.17) is 9.26 Å². The van der Waals surface area contributed by atoms with Gasteiger partial charge >= 0.3 is 0 Å². The van der Waals surface area contributed by atoms with Gasteiger partial charge in [-0.1, -0.05) is 47.6 Å². The van der Waals surface area contributed by atoms with Gasteiger partial charge in [0.2, 0.25) is 5.82 Å². The zero-order valence-corrected chi connectivity index (χ0v) is 13.6. The summed E-state index contributed by atoms with van der Waals surface area (Å²) in [5.41, 5.74) is 1.85. The van der Waals surface area contributed by atoms with E-state index in [2.05, 4.69) is 15.0 Å². The number of aromatic nitrogens is 2. The summed E-state index contributed by atoms with van der Waals surface area (Å²) in [6, 6.07) is 16.4. The fourth-order valence-corrected chi connectivity index (χ4v) is 2.96. The van der Waals surface area contributed by atoms with Crippen molar-refractivity contribution in [2.75, 3.05) is 19.7 Å². The molecule has 2 aromatic carbocycles. The fourth-order valence-electron chi connectivity index (χ4n) is 2.96. The fraction of sp³-hybridized carbons (Fsp3) is 0.263. The molecule has 2 heterocycles. The number of morpholine rings is 1. The van der Waals surface area contributed by atoms with Crippen molar-refractivity contribution in [2.24, 2.45) is 0 Å². The molecule has 0 spiro atoms. The number of benzene rings is 2. The molecule has 0 N–H and O–H groups in total. The number of halogens is 1. The van der Waals surface area contributed by atoms with E-state index in [9.17, 15) is 4.39 Å². The van der Waals surface area contributed by atoms with Crippen molar-refractivity contribution in [2.45, 2.75) is 12.6 Å². The molecule has 1 aliphatic heterocycles. The van der Waals surface area contributed by atoms with Gasteiger partial charge in [-0.05, 0) is 17.7 Å². The second kappa shape index (κ2) is 7.13. The molecule has 6 heteroatoms. The molecule has 1 fully saturated rings. The minimum atomic E-state index is -0.271. The summed E-state index contributed by atoms with van der Waals surface area (Å²) >= 11 is 0. The van der Waals surface area contributed by atoms with E-state index in [0.29, 0.717) is 31.4 Å². The van der Waals surface area contributed by atoms with Crippen molar-refractivity contribution in [3.05, 3.63) is 71.9 Å². The van der Waals surface area contributed by atoms with Gasteiger partial charge in [-0.2, -0.15) is 4.98 Å². The standard InChI is InChI=1S/C19H18FN3O2/c20-16-8-4-5-14(11-16)12-23-9-10-24-17(13-23)19-21-18(22-25-19)15-6-2-1-3-7-15/h1-8,11,17H,9-10,12-13H2. The average Bonchev–Trinajstić information content (AvgIpc) is 3.13. The molecule has 3 aromatic rings. The van der Waals surface area contributed by atoms with Crippen LogP contribution in [0.2, 0.25) is 0 Å². The van der Waals surface area contributed by atoms with Crippen molar-refractivity contribution in [3.8, 4) is 11.4 Å². The van der Waals surface area contributed by atoms with Crippen molar-refractivity contribution < 1.29 is 13.7 Å². The zero-order chi connectivity index (χ0) is 17.1. The minimum absolute atomic E-state index is 0.216. The molecule has 0 amide bonds. The van der Waals surface area contributed by atoms with Gasteiger partial charge in [0.15, 0.2) is 0 Å². The molecular weight excluding hydrogens is 321 g/mol. The van der Waals surface area contributed by atoms with Crippen LogP contribution in [-0.2, 0) is 11.3 Å². The van der Waals surface area contributed by atoms with Crippen molar-refractivity contribution in [3.63, 3.8) is 0 Å². The van der Waals surface area contributed by atoms with Gasteiger partial charge in [-0.15, -0.1) is 0 Å². The van der Waals surface area contributed by atoms with Gasteiger partial charge in [0.05, 0.1) is 6.61 Å². The number of hydrogen-bond acceptors (Lipinski definition) is 5. The SMILES string of the molecule is Fc1cccc(CN2CCOC(c3nc(-c4ccccc4)no3)C2)c1. The van der Waals surface area contributed by atoms with Crippen molar-refractivity contribution in [1.29, 1.82) is 0 Å². The maximum atomic E-state index is 13.4. The second-order valence-electron chi connectivity index (χ2n) is 6.05. The lowest BCUT2D eigenvalue weighted by Crippen LogP contribution is -2.37. The Kier molecular flexibility index (Phi) is 4.54. The van der Waals surface area contributed by atoms with Crippen LogP contribution in [0.3, 0.4) is 0 Å². The first-order valence-corrected chi connectivity index (χ1v) is 8.25. The Bertz CT molecular complexity index is 837. The predicted molar refractivity (Wildman–Crippen MR) is 90.1 cm³/mol. The molecule has 128 valence electrons. The Morgan fingerprint density at radius 3 is 2.84 bits per heavy atom. The van der Waals surface area contributed by atoms with Gasteiger partial charge < -0.3 is 9.26 Å². The minimum Gasteiger partial charge on any atom is -0.366 e. The quantitative estimate of drug-likeness (QED) is 0.729. The van der Waals surface area contributed by atoms with Crippen LogP contribution < -0.4 is 0 Å². The van der Waals surface area contributed by atoms with Crippen LogP contribution in [-0.4, -0.2) is 34.7 Å². The molecule has 0 bridgehead atoms. The average molecular weight is 339 g/mol. The summed E-state index contributed by atoms with van der Waals surface area (Å²) < 4.78 is 24.5. The highest BCUT2D eigenvalue weighted by molar-refractivity contribution is 5.53. The van der Waals surface area contributed by atoms with E-state index in [0.717, 1.165) is 17.7 Å². The van der Waals surface area contributed by atoms with Crippen LogP contribution in [0.25, 0.3) is 11.4 Å². The van der Waals surface area contributed by atoms with Gasteiger partial charge in [0.1, 0.15) is 11.9 Å². The highest BCUT2D eigenvalue weighted by Crippen LogP contribution is 2.24. The van der Waals surface area contributed by atoms with Crippen LogP contribution in [0, 0.1) is 5.82 Å². The summed E-state index contributed by atoms with van der Waals surface area (Å²) in [7, 11) is 0. The normalized spacial score (nSPS) is 18.4. The number of hydrogen-bond donors (Lipinski definition) is 0. The first-order chi connectivity index (χ1) is 12.3. The number of nitrogens with zero attached hydrogens (tertiary/aromatic N) is 3. The zero-order valence-electron chi connectivity index (χ0n) is 13.6. The second-order valence-corrected chi connectivity index (χ2v) is 6.05. The maximum Gasteiger partial charge on any atom is 0.257 e. The smallest absolute Gasteiger partial charge is 0.257 e. The lowest BCUT2D eigenvalue weighted by molar-refractivity contribution is -0.0475. The summed E-state index contributed by atoms with van der Waals surface area (Å²) in [5.74, 6) is 0.816. The monoisotopic (exact) mass is 339 g/mol. The molecule has 1 aliphatic rings. The lowest BCUT2D eigenvalue weighted by atomic mass is 10.2. The van der Waals surface area contributed by atoms with Gasteiger partial charge in [0, 0.05) is 25.2 Å². The largest absolute Gasteiger partial charge is 0.366 e. The van der Waals surface area contributed by atoms with E-state index < -0.39 is 0 Å². The molecule has 1 saturated heterocycles. The Morgan fingerprint density at radius 1 is 1.12 bits per heavy atom. The molecule has 1 atom stereocenters. The van der Waals surface area contributed by atoms with Gasteiger partial charge in [0.25, 0.3) is 5.89 Å². The lowest BCUT2D eigenvalue weighted by Gasteiger charge is -2.31. The Balaban J connectivity index is 1.45. The van der Waals surface area contributed by atoms with E-state index >= 15 is 0 Å². The molecule has 0 saturated carbocycles. The Labute approximate surface area is 145 Å². The number of rotatable bonds is 4. The van der Waals surface area contributed by atoms with Crippen LogP contribution in [0.4, 0.5) is 4.39 Å². The number of ether oxygens (including phenoxy) is 1. The highest BCUT2D eigenvalue weighted by Gasteiger charge is 2.27. The third kappa shape index (κ3) is 3.75. The highest BCUT2D eigenvalue weighted by atomic mass is 19.1. The third-order valence-corrected chi connectivity index (χ3v) is 4.19. The van der Waals surface area contributed by atoms with Crippen molar-refractivity contribution in [1.82, 2.24) is 15.0 Å². The van der Waals surface area contributed by atoms with Gasteiger partial charge in [-0.25, -0.2) is 4.39 Å².